The number of rotatable bonds is 4. The Morgan fingerprint density at radius 2 is 1.77 bits per heavy atom. The lowest BCUT2D eigenvalue weighted by Gasteiger charge is -2.20. The van der Waals surface area contributed by atoms with Crippen LogP contribution in [-0.2, 0) is 11.2 Å². The third kappa shape index (κ3) is 3.86. The van der Waals surface area contributed by atoms with Gasteiger partial charge in [0.1, 0.15) is 5.82 Å². The van der Waals surface area contributed by atoms with Gasteiger partial charge in [-0.3, -0.25) is 14.8 Å². The molecule has 4 rings (SSSR count). The van der Waals surface area contributed by atoms with Crippen LogP contribution in [0.5, 0.6) is 0 Å². The van der Waals surface area contributed by atoms with Gasteiger partial charge in [-0.2, -0.15) is 0 Å². The summed E-state index contributed by atoms with van der Waals surface area (Å²) in [6.07, 6.45) is 2.38. The van der Waals surface area contributed by atoms with Gasteiger partial charge in [0.15, 0.2) is 0 Å². The summed E-state index contributed by atoms with van der Waals surface area (Å²) < 4.78 is 13.9. The molecule has 6 heteroatoms. The molecule has 3 aromatic carbocycles. The highest BCUT2D eigenvalue weighted by Gasteiger charge is 2.28. The summed E-state index contributed by atoms with van der Waals surface area (Å²) in [4.78, 5) is 27.0. The molecule has 0 unspecified atom stereocenters. The Hall–Kier alpha value is -3.77. The van der Waals surface area contributed by atoms with Gasteiger partial charge < -0.3 is 4.90 Å². The Balaban J connectivity index is 1.77. The van der Waals surface area contributed by atoms with Gasteiger partial charge in [0.2, 0.25) is 0 Å². The van der Waals surface area contributed by atoms with E-state index in [1.54, 1.807) is 46.8 Å². The summed E-state index contributed by atoms with van der Waals surface area (Å²) in [5, 5.41) is 8.91. The fourth-order valence-corrected chi connectivity index (χ4v) is 3.58. The lowest BCUT2D eigenvalue weighted by molar-refractivity contribution is -0.113. The maximum Gasteiger partial charge on any atom is 0.274 e. The largest absolute Gasteiger partial charge is 0.308 e. The van der Waals surface area contributed by atoms with Crippen molar-refractivity contribution in [2.75, 3.05) is 11.4 Å². The van der Waals surface area contributed by atoms with Crippen molar-refractivity contribution in [2.24, 2.45) is 0 Å². The van der Waals surface area contributed by atoms with Crippen LogP contribution >= 0.6 is 0 Å². The molecule has 0 spiro atoms. The van der Waals surface area contributed by atoms with E-state index in [1.165, 1.54) is 12.1 Å². The molecule has 30 heavy (non-hydrogen) atoms. The van der Waals surface area contributed by atoms with E-state index in [9.17, 15) is 14.0 Å². The molecule has 0 radical (unpaired) electrons. The third-order valence-corrected chi connectivity index (χ3v) is 5.07. The lowest BCUT2D eigenvalue weighted by Crippen LogP contribution is -2.30. The van der Waals surface area contributed by atoms with Crippen molar-refractivity contribution in [3.63, 3.8) is 0 Å². The lowest BCUT2D eigenvalue weighted by atomic mass is 10.0. The van der Waals surface area contributed by atoms with Crippen molar-refractivity contribution in [1.29, 1.82) is 0 Å². The zero-order valence-corrected chi connectivity index (χ0v) is 16.0. The van der Waals surface area contributed by atoms with Gasteiger partial charge in [0.05, 0.1) is 0 Å². The van der Waals surface area contributed by atoms with Gasteiger partial charge >= 0.3 is 0 Å². The van der Waals surface area contributed by atoms with Gasteiger partial charge in [0.25, 0.3) is 11.8 Å². The average Bonchev–Trinajstić information content (AvgIpc) is 3.20. The van der Waals surface area contributed by atoms with E-state index in [1.807, 2.05) is 30.3 Å². The minimum Gasteiger partial charge on any atom is -0.308 e. The molecule has 1 aliphatic heterocycles. The standard InChI is InChI=1S/C24H19FN2O3/c25-20-8-4-7-18(14-20)21(13-16-5-2-1-3-6-16)24(29)27-12-11-17-9-10-19(15-22(17)27)23(28)26-30/h1-10,13-15,30H,11-12H2,(H,26,28)/b21-13+. The molecule has 0 fully saturated rings. The molecule has 1 heterocycles. The molecule has 5 nitrogen and oxygen atoms in total. The predicted molar refractivity (Wildman–Crippen MR) is 112 cm³/mol. The molecule has 0 bridgehead atoms. The molecule has 0 saturated heterocycles. The molecule has 0 aliphatic carbocycles. The number of benzene rings is 3. The van der Waals surface area contributed by atoms with Crippen LogP contribution in [0.4, 0.5) is 10.1 Å². The minimum atomic E-state index is -0.651. The summed E-state index contributed by atoms with van der Waals surface area (Å²) in [5.41, 5.74) is 5.03. The van der Waals surface area contributed by atoms with Crippen molar-refractivity contribution in [2.45, 2.75) is 6.42 Å². The molecule has 1 aliphatic rings. The highest BCUT2D eigenvalue weighted by Crippen LogP contribution is 2.33. The summed E-state index contributed by atoms with van der Waals surface area (Å²) in [5.74, 6) is -1.37. The fraction of sp³-hybridized carbons (Fsp3) is 0.0833. The van der Waals surface area contributed by atoms with Crippen LogP contribution in [0.25, 0.3) is 11.6 Å². The Labute approximate surface area is 173 Å². The van der Waals surface area contributed by atoms with Gasteiger partial charge in [-0.25, -0.2) is 9.87 Å². The number of amides is 2. The number of nitrogens with one attached hydrogen (secondary N) is 1. The monoisotopic (exact) mass is 402 g/mol. The van der Waals surface area contributed by atoms with E-state index in [-0.39, 0.29) is 11.5 Å². The quantitative estimate of drug-likeness (QED) is 0.299. The first-order chi connectivity index (χ1) is 14.6. The van der Waals surface area contributed by atoms with Gasteiger partial charge in [-0.05, 0) is 53.5 Å². The van der Waals surface area contributed by atoms with Crippen LogP contribution in [0.1, 0.15) is 27.0 Å². The topological polar surface area (TPSA) is 69.6 Å². The zero-order chi connectivity index (χ0) is 21.1. The van der Waals surface area contributed by atoms with Crippen LogP contribution in [0.2, 0.25) is 0 Å². The van der Waals surface area contributed by atoms with E-state index < -0.39 is 11.7 Å². The molecule has 2 amide bonds. The Morgan fingerprint density at radius 3 is 2.50 bits per heavy atom. The van der Waals surface area contributed by atoms with Gasteiger partial charge in [0, 0.05) is 23.4 Å². The average molecular weight is 402 g/mol. The van der Waals surface area contributed by atoms with Crippen LogP contribution in [-0.4, -0.2) is 23.6 Å². The van der Waals surface area contributed by atoms with Crippen molar-refractivity contribution in [1.82, 2.24) is 5.48 Å². The number of hydrogen-bond donors (Lipinski definition) is 2. The summed E-state index contributed by atoms with van der Waals surface area (Å²) in [7, 11) is 0. The highest BCUT2D eigenvalue weighted by atomic mass is 19.1. The molecule has 0 aromatic heterocycles. The van der Waals surface area contributed by atoms with Crippen LogP contribution in [0.3, 0.4) is 0 Å². The maximum absolute atomic E-state index is 13.9. The first-order valence-corrected chi connectivity index (χ1v) is 9.49. The molecular formula is C24H19FN2O3. The second kappa shape index (κ2) is 8.31. The number of hydrogen-bond acceptors (Lipinski definition) is 3. The number of carbonyl (C=O) groups excluding carboxylic acids is 2. The molecular weight excluding hydrogens is 383 g/mol. The second-order valence-electron chi connectivity index (χ2n) is 6.97. The van der Waals surface area contributed by atoms with Gasteiger partial charge in [-0.15, -0.1) is 0 Å². The second-order valence-corrected chi connectivity index (χ2v) is 6.97. The Kier molecular flexibility index (Phi) is 5.41. The first kappa shape index (κ1) is 19.5. The third-order valence-electron chi connectivity index (χ3n) is 5.07. The summed E-state index contributed by atoms with van der Waals surface area (Å²) >= 11 is 0. The van der Waals surface area contributed by atoms with Crippen LogP contribution < -0.4 is 10.4 Å². The zero-order valence-electron chi connectivity index (χ0n) is 16.0. The van der Waals surface area contributed by atoms with Crippen LogP contribution in [0.15, 0.2) is 72.8 Å². The Bertz CT molecular complexity index is 1140. The number of anilines is 1. The smallest absolute Gasteiger partial charge is 0.274 e. The van der Waals surface area contributed by atoms with Crippen molar-refractivity contribution in [3.05, 3.63) is 101 Å². The Morgan fingerprint density at radius 1 is 0.967 bits per heavy atom. The van der Waals surface area contributed by atoms with E-state index in [2.05, 4.69) is 0 Å². The van der Waals surface area contributed by atoms with Crippen molar-refractivity contribution in [3.8, 4) is 0 Å². The minimum absolute atomic E-state index is 0.246. The first-order valence-electron chi connectivity index (χ1n) is 9.49. The van der Waals surface area contributed by atoms with E-state index >= 15 is 0 Å². The van der Waals surface area contributed by atoms with E-state index in [0.29, 0.717) is 29.8 Å². The summed E-state index contributed by atoms with van der Waals surface area (Å²) in [6, 6.07) is 20.2. The molecule has 150 valence electrons. The fourth-order valence-electron chi connectivity index (χ4n) is 3.58. The number of carbonyl (C=O) groups is 2. The van der Waals surface area contributed by atoms with Crippen LogP contribution in [0, 0.1) is 5.82 Å². The SMILES string of the molecule is O=C(NO)c1ccc2c(c1)N(C(=O)/C(=C/c1ccccc1)c1cccc(F)c1)CC2. The predicted octanol–water partition coefficient (Wildman–Crippen LogP) is 4.07. The number of halogens is 1. The van der Waals surface area contributed by atoms with Gasteiger partial charge in [-0.1, -0.05) is 48.5 Å². The number of fused-ring (bicyclic) bond motifs is 1. The van der Waals surface area contributed by atoms with Crippen molar-refractivity contribution >= 4 is 29.2 Å². The summed E-state index contributed by atoms with van der Waals surface area (Å²) in [6.45, 7) is 0.444. The van der Waals surface area contributed by atoms with Crippen molar-refractivity contribution < 1.29 is 19.2 Å². The molecule has 0 atom stereocenters. The molecule has 3 aromatic rings. The number of nitrogens with zero attached hydrogens (tertiary/aromatic N) is 1. The molecule has 2 N–H and O–H groups in total. The van der Waals surface area contributed by atoms with E-state index in [0.717, 1.165) is 11.1 Å². The highest BCUT2D eigenvalue weighted by molar-refractivity contribution is 6.30. The number of hydroxylamine groups is 1. The normalized spacial score (nSPS) is 13.1. The molecule has 0 saturated carbocycles. The van der Waals surface area contributed by atoms with E-state index in [4.69, 9.17) is 5.21 Å². The maximum atomic E-state index is 13.9.